The zero-order chi connectivity index (χ0) is 7.68. The molecule has 11 heavy (non-hydrogen) atoms. The second kappa shape index (κ2) is 2.23. The van der Waals surface area contributed by atoms with Crippen molar-refractivity contribution in [2.75, 3.05) is 0 Å². The lowest BCUT2D eigenvalue weighted by atomic mass is 10.2. The van der Waals surface area contributed by atoms with E-state index in [1.165, 1.54) is 0 Å². The average molecular weight is 143 g/mol. The lowest BCUT2D eigenvalue weighted by Crippen LogP contribution is -1.75. The van der Waals surface area contributed by atoms with Crippen LogP contribution < -0.4 is 0 Å². The first-order valence-corrected chi connectivity index (χ1v) is 3.43. The highest BCUT2D eigenvalue weighted by atomic mass is 14.7. The van der Waals surface area contributed by atoms with Crippen LogP contribution in [0.15, 0.2) is 36.5 Å². The second-order valence-electron chi connectivity index (χ2n) is 2.38. The Balaban J connectivity index is 2.91. The van der Waals surface area contributed by atoms with Gasteiger partial charge in [0.2, 0.25) is 0 Å². The maximum absolute atomic E-state index is 7.52. The Morgan fingerprint density at radius 3 is 2.73 bits per heavy atom. The largest absolute Gasteiger partial charge is 0.698 e. The standard InChI is InChI=1S/C9H7N2/c10-8-5-6-11-9-4-2-1-3-7(8)9/h1-6H,(H-,10,11)/q-1. The summed E-state index contributed by atoms with van der Waals surface area (Å²) in [5.41, 5.74) is 8.95. The third-order valence-electron chi connectivity index (χ3n) is 1.65. The normalized spacial score (nSPS) is 10.2. The molecular weight excluding hydrogens is 136 g/mol. The van der Waals surface area contributed by atoms with Crippen molar-refractivity contribution in [3.05, 3.63) is 42.3 Å². The Bertz CT molecular complexity index is 377. The summed E-state index contributed by atoms with van der Waals surface area (Å²) in [6, 6.07) is 9.36. The van der Waals surface area contributed by atoms with Crippen molar-refractivity contribution in [1.82, 2.24) is 4.98 Å². The fourth-order valence-electron chi connectivity index (χ4n) is 1.10. The molecule has 1 aromatic heterocycles. The topological polar surface area (TPSA) is 36.7 Å². The van der Waals surface area contributed by atoms with E-state index in [0.717, 1.165) is 10.9 Å². The maximum atomic E-state index is 7.52. The van der Waals surface area contributed by atoms with Crippen molar-refractivity contribution < 1.29 is 0 Å². The van der Waals surface area contributed by atoms with Gasteiger partial charge in [0.05, 0.1) is 5.52 Å². The van der Waals surface area contributed by atoms with E-state index in [9.17, 15) is 0 Å². The Kier molecular flexibility index (Phi) is 1.25. The molecule has 0 saturated carbocycles. The van der Waals surface area contributed by atoms with Gasteiger partial charge in [-0.15, -0.1) is 5.69 Å². The van der Waals surface area contributed by atoms with Gasteiger partial charge >= 0.3 is 0 Å². The number of aromatic nitrogens is 1. The van der Waals surface area contributed by atoms with Gasteiger partial charge in [-0.2, -0.15) is 0 Å². The minimum absolute atomic E-state index is 0.538. The number of pyridine rings is 1. The molecule has 1 heterocycles. The molecule has 0 radical (unpaired) electrons. The lowest BCUT2D eigenvalue weighted by molar-refractivity contribution is 1.42. The zero-order valence-electron chi connectivity index (χ0n) is 5.91. The van der Waals surface area contributed by atoms with Crippen LogP contribution in [0.5, 0.6) is 0 Å². The van der Waals surface area contributed by atoms with Crippen molar-refractivity contribution in [2.45, 2.75) is 0 Å². The van der Waals surface area contributed by atoms with Crippen LogP contribution in [0.3, 0.4) is 0 Å². The summed E-state index contributed by atoms with van der Waals surface area (Å²) >= 11 is 0. The SMILES string of the molecule is [NH-]c1ccnc2ccccc12. The molecule has 0 spiro atoms. The highest BCUT2D eigenvalue weighted by Crippen LogP contribution is 2.21. The Morgan fingerprint density at radius 2 is 1.91 bits per heavy atom. The molecule has 2 heteroatoms. The lowest BCUT2D eigenvalue weighted by Gasteiger charge is -2.05. The Morgan fingerprint density at radius 1 is 1.09 bits per heavy atom. The molecule has 1 aromatic carbocycles. The Hall–Kier alpha value is -1.57. The van der Waals surface area contributed by atoms with Gasteiger partial charge in [0, 0.05) is 6.20 Å². The number of rotatable bonds is 0. The quantitative estimate of drug-likeness (QED) is 0.558. The van der Waals surface area contributed by atoms with Crippen LogP contribution in [0.2, 0.25) is 0 Å². The highest BCUT2D eigenvalue weighted by Gasteiger charge is 1.89. The van der Waals surface area contributed by atoms with Crippen molar-refractivity contribution in [3.63, 3.8) is 0 Å². The minimum Gasteiger partial charge on any atom is -0.698 e. The number of fused-ring (bicyclic) bond motifs is 1. The minimum atomic E-state index is 0.538. The molecular formula is C9H7N2-. The van der Waals surface area contributed by atoms with Gasteiger partial charge in [-0.1, -0.05) is 24.3 Å². The fraction of sp³-hybridized carbons (Fsp3) is 0. The third-order valence-corrected chi connectivity index (χ3v) is 1.65. The third kappa shape index (κ3) is 0.923. The highest BCUT2D eigenvalue weighted by molar-refractivity contribution is 5.90. The van der Waals surface area contributed by atoms with E-state index in [0.29, 0.717) is 5.69 Å². The molecule has 2 nitrogen and oxygen atoms in total. The first-order valence-electron chi connectivity index (χ1n) is 3.43. The molecule has 0 aliphatic heterocycles. The van der Waals surface area contributed by atoms with Gasteiger partial charge in [-0.05, 0) is 11.5 Å². The number of nitrogens with zero attached hydrogens (tertiary/aromatic N) is 1. The molecule has 0 aliphatic rings. The second-order valence-corrected chi connectivity index (χ2v) is 2.38. The molecule has 2 rings (SSSR count). The van der Waals surface area contributed by atoms with E-state index in [1.54, 1.807) is 12.3 Å². The van der Waals surface area contributed by atoms with Gasteiger partial charge in [0.1, 0.15) is 0 Å². The monoisotopic (exact) mass is 143 g/mol. The smallest absolute Gasteiger partial charge is 0.0689 e. The molecule has 0 aliphatic carbocycles. The van der Waals surface area contributed by atoms with E-state index in [-0.39, 0.29) is 0 Å². The van der Waals surface area contributed by atoms with E-state index in [2.05, 4.69) is 4.98 Å². The maximum Gasteiger partial charge on any atom is 0.0689 e. The van der Waals surface area contributed by atoms with Crippen LogP contribution in [0.1, 0.15) is 0 Å². The van der Waals surface area contributed by atoms with Gasteiger partial charge in [-0.25, -0.2) is 0 Å². The molecule has 0 atom stereocenters. The van der Waals surface area contributed by atoms with Crippen LogP contribution >= 0.6 is 0 Å². The Labute approximate surface area is 64.7 Å². The fourth-order valence-corrected chi connectivity index (χ4v) is 1.10. The van der Waals surface area contributed by atoms with Crippen molar-refractivity contribution in [3.8, 4) is 0 Å². The summed E-state index contributed by atoms with van der Waals surface area (Å²) in [5.74, 6) is 0. The predicted octanol–water partition coefficient (Wildman–Crippen LogP) is 2.92. The average Bonchev–Trinajstić information content (AvgIpc) is 2.06. The summed E-state index contributed by atoms with van der Waals surface area (Å²) in [6.45, 7) is 0. The van der Waals surface area contributed by atoms with E-state index in [4.69, 9.17) is 5.73 Å². The van der Waals surface area contributed by atoms with Gasteiger partial charge in [0.15, 0.2) is 0 Å². The van der Waals surface area contributed by atoms with Crippen molar-refractivity contribution >= 4 is 16.6 Å². The van der Waals surface area contributed by atoms with Crippen LogP contribution in [0.25, 0.3) is 16.6 Å². The van der Waals surface area contributed by atoms with Crippen LogP contribution in [-0.2, 0) is 0 Å². The van der Waals surface area contributed by atoms with Crippen molar-refractivity contribution in [2.24, 2.45) is 0 Å². The molecule has 1 N–H and O–H groups in total. The van der Waals surface area contributed by atoms with Gasteiger partial charge in [-0.3, -0.25) is 4.98 Å². The molecule has 0 amide bonds. The summed E-state index contributed by atoms with van der Waals surface area (Å²) in [5, 5.41) is 0.912. The summed E-state index contributed by atoms with van der Waals surface area (Å²) in [6.07, 6.45) is 1.66. The van der Waals surface area contributed by atoms with Gasteiger partial charge < -0.3 is 5.73 Å². The first-order chi connectivity index (χ1) is 5.38. The first kappa shape index (κ1) is 6.16. The van der Waals surface area contributed by atoms with Gasteiger partial charge in [0.25, 0.3) is 0 Å². The van der Waals surface area contributed by atoms with Crippen LogP contribution in [0, 0.1) is 0 Å². The van der Waals surface area contributed by atoms with Crippen molar-refractivity contribution in [1.29, 1.82) is 0 Å². The number of nitrogens with one attached hydrogen (secondary N) is 1. The number of hydrogen-bond donors (Lipinski definition) is 0. The number of hydrogen-bond acceptors (Lipinski definition) is 1. The molecule has 0 saturated heterocycles. The predicted molar refractivity (Wildman–Crippen MR) is 45.7 cm³/mol. The summed E-state index contributed by atoms with van der Waals surface area (Å²) in [7, 11) is 0. The van der Waals surface area contributed by atoms with Crippen LogP contribution in [-0.4, -0.2) is 4.98 Å². The van der Waals surface area contributed by atoms with E-state index < -0.39 is 0 Å². The van der Waals surface area contributed by atoms with E-state index >= 15 is 0 Å². The molecule has 2 aromatic rings. The zero-order valence-corrected chi connectivity index (χ0v) is 5.91. The van der Waals surface area contributed by atoms with E-state index in [1.807, 2.05) is 24.3 Å². The number of para-hydroxylation sites is 1. The number of benzene rings is 1. The summed E-state index contributed by atoms with van der Waals surface area (Å²) in [4.78, 5) is 4.12. The van der Waals surface area contributed by atoms with Crippen LogP contribution in [0.4, 0.5) is 5.69 Å². The molecule has 0 fully saturated rings. The summed E-state index contributed by atoms with van der Waals surface area (Å²) < 4.78 is 0. The molecule has 0 unspecified atom stereocenters. The molecule has 0 bridgehead atoms. The molecule has 54 valence electrons.